The smallest absolute Gasteiger partial charge is 0.316 e. The third kappa shape index (κ3) is 6.68. The maximum Gasteiger partial charge on any atom is 0.316 e. The lowest BCUT2D eigenvalue weighted by molar-refractivity contribution is -0.136. The van der Waals surface area contributed by atoms with Gasteiger partial charge < -0.3 is 15.2 Å². The first-order valence-corrected chi connectivity index (χ1v) is 6.18. The van der Waals surface area contributed by atoms with Gasteiger partial charge in [0, 0.05) is 13.2 Å². The topological polar surface area (TPSA) is 75.6 Å². The van der Waals surface area contributed by atoms with Gasteiger partial charge in [0.05, 0.1) is 12.4 Å². The second-order valence-corrected chi connectivity index (χ2v) is 4.66. The number of hydrogen-bond donors (Lipinski definition) is 2. The second kappa shape index (κ2) is 8.41. The van der Waals surface area contributed by atoms with Gasteiger partial charge in [-0.15, -0.1) is 11.8 Å². The zero-order chi connectivity index (χ0) is 12.6. The Hall–Kier alpha value is -0.750. The molecule has 0 rings (SSSR count). The monoisotopic (exact) mass is 249 g/mol. The summed E-state index contributed by atoms with van der Waals surface area (Å²) in [5.41, 5.74) is 0. The van der Waals surface area contributed by atoms with Gasteiger partial charge >= 0.3 is 5.97 Å². The summed E-state index contributed by atoms with van der Waals surface area (Å²) in [6.07, 6.45) is 0.515. The molecule has 0 fully saturated rings. The highest BCUT2D eigenvalue weighted by Gasteiger charge is 2.17. The number of hydrogen-bond acceptors (Lipinski definition) is 4. The molecule has 0 heterocycles. The molecule has 1 amide bonds. The van der Waals surface area contributed by atoms with Crippen molar-refractivity contribution in [2.24, 2.45) is 0 Å². The Morgan fingerprint density at radius 3 is 2.56 bits per heavy atom. The summed E-state index contributed by atoms with van der Waals surface area (Å²) in [5.74, 6) is -0.863. The van der Waals surface area contributed by atoms with Gasteiger partial charge in [-0.2, -0.15) is 0 Å². The number of nitrogens with one attached hydrogen (secondary N) is 1. The molecule has 0 bridgehead atoms. The van der Waals surface area contributed by atoms with Gasteiger partial charge in [0.15, 0.2) is 0 Å². The summed E-state index contributed by atoms with van der Waals surface area (Å²) in [5, 5.41) is 11.0. The van der Waals surface area contributed by atoms with Gasteiger partial charge in [-0.25, -0.2) is 0 Å². The fourth-order valence-electron chi connectivity index (χ4n) is 1.15. The van der Waals surface area contributed by atoms with Crippen LogP contribution in [0.3, 0.4) is 0 Å². The van der Waals surface area contributed by atoms with Crippen molar-refractivity contribution in [3.05, 3.63) is 0 Å². The fraction of sp³-hybridized carbons (Fsp3) is 0.800. The molecule has 0 aromatic heterocycles. The van der Waals surface area contributed by atoms with Crippen molar-refractivity contribution in [3.8, 4) is 0 Å². The van der Waals surface area contributed by atoms with Crippen molar-refractivity contribution in [2.75, 3.05) is 19.5 Å². The molecular weight excluding hydrogens is 230 g/mol. The number of thioether (sulfide) groups is 1. The predicted molar refractivity (Wildman–Crippen MR) is 63.7 cm³/mol. The highest BCUT2D eigenvalue weighted by atomic mass is 32.2. The van der Waals surface area contributed by atoms with E-state index in [1.165, 1.54) is 0 Å². The minimum absolute atomic E-state index is 0.0528. The van der Waals surface area contributed by atoms with Crippen molar-refractivity contribution in [1.82, 2.24) is 5.32 Å². The molecule has 0 saturated heterocycles. The molecule has 0 aliphatic carbocycles. The number of carboxylic acids is 1. The first-order chi connectivity index (χ1) is 7.51. The van der Waals surface area contributed by atoms with Gasteiger partial charge in [-0.1, -0.05) is 6.92 Å². The number of methoxy groups -OCH3 is 1. The van der Waals surface area contributed by atoms with E-state index in [9.17, 15) is 9.59 Å². The largest absolute Gasteiger partial charge is 0.480 e. The third-order valence-electron chi connectivity index (χ3n) is 1.89. The first kappa shape index (κ1) is 15.2. The van der Waals surface area contributed by atoms with Crippen LogP contribution in [0.15, 0.2) is 0 Å². The van der Waals surface area contributed by atoms with E-state index in [0.717, 1.165) is 11.8 Å². The first-order valence-electron chi connectivity index (χ1n) is 5.14. The summed E-state index contributed by atoms with van der Waals surface area (Å²) in [4.78, 5) is 22.1. The standard InChI is InChI=1S/C10H19NO4S/c1-4-8(10(13)14)16-6-9(12)11-7(2)5-15-3/h7-8H,4-6H2,1-3H3,(H,11,12)(H,13,14). The van der Waals surface area contributed by atoms with E-state index in [0.29, 0.717) is 13.0 Å². The van der Waals surface area contributed by atoms with Crippen LogP contribution in [0.5, 0.6) is 0 Å². The van der Waals surface area contributed by atoms with Crippen molar-refractivity contribution in [1.29, 1.82) is 0 Å². The molecule has 0 aliphatic rings. The Morgan fingerprint density at radius 2 is 2.12 bits per heavy atom. The second-order valence-electron chi connectivity index (χ2n) is 3.47. The lowest BCUT2D eigenvalue weighted by atomic mass is 10.3. The summed E-state index contributed by atoms with van der Waals surface area (Å²) < 4.78 is 4.87. The van der Waals surface area contributed by atoms with Crippen molar-refractivity contribution in [2.45, 2.75) is 31.6 Å². The average molecular weight is 249 g/mol. The predicted octanol–water partition coefficient (Wildman–Crippen LogP) is 0.734. The molecule has 5 nitrogen and oxygen atoms in total. The molecular formula is C10H19NO4S. The number of amides is 1. The molecule has 0 aromatic rings. The van der Waals surface area contributed by atoms with Crippen LogP contribution in [-0.4, -0.2) is 47.7 Å². The summed E-state index contributed by atoms with van der Waals surface area (Å²) in [6.45, 7) is 4.07. The number of carbonyl (C=O) groups is 2. The van der Waals surface area contributed by atoms with Crippen LogP contribution < -0.4 is 5.32 Å². The van der Waals surface area contributed by atoms with Crippen LogP contribution >= 0.6 is 11.8 Å². The Labute approximate surface area is 99.9 Å². The van der Waals surface area contributed by atoms with Gasteiger partial charge in [0.25, 0.3) is 0 Å². The van der Waals surface area contributed by atoms with E-state index < -0.39 is 11.2 Å². The summed E-state index contributed by atoms with van der Waals surface area (Å²) in [6, 6.07) is -0.0528. The fourth-order valence-corrected chi connectivity index (χ4v) is 1.96. The molecule has 0 saturated carbocycles. The lowest BCUT2D eigenvalue weighted by Gasteiger charge is -2.13. The molecule has 2 unspecified atom stereocenters. The molecule has 16 heavy (non-hydrogen) atoms. The highest BCUT2D eigenvalue weighted by Crippen LogP contribution is 2.14. The molecule has 2 atom stereocenters. The Balaban J connectivity index is 3.83. The van der Waals surface area contributed by atoms with E-state index >= 15 is 0 Å². The van der Waals surface area contributed by atoms with Crippen LogP contribution in [0.2, 0.25) is 0 Å². The Kier molecular flexibility index (Phi) is 8.01. The van der Waals surface area contributed by atoms with Gasteiger partial charge in [-0.05, 0) is 13.3 Å². The quantitative estimate of drug-likeness (QED) is 0.663. The molecule has 94 valence electrons. The molecule has 6 heteroatoms. The van der Waals surface area contributed by atoms with Gasteiger partial charge in [0.2, 0.25) is 5.91 Å². The molecule has 0 aliphatic heterocycles. The van der Waals surface area contributed by atoms with Crippen LogP contribution in [0.4, 0.5) is 0 Å². The highest BCUT2D eigenvalue weighted by molar-refractivity contribution is 8.01. The van der Waals surface area contributed by atoms with E-state index in [-0.39, 0.29) is 17.7 Å². The van der Waals surface area contributed by atoms with E-state index in [1.807, 2.05) is 6.92 Å². The minimum Gasteiger partial charge on any atom is -0.480 e. The van der Waals surface area contributed by atoms with Gasteiger partial charge in [0.1, 0.15) is 5.25 Å². The number of carboxylic acid groups (broad SMARTS) is 1. The Morgan fingerprint density at radius 1 is 1.50 bits per heavy atom. The summed E-state index contributed by atoms with van der Waals surface area (Å²) >= 11 is 1.15. The van der Waals surface area contributed by atoms with Crippen molar-refractivity contribution in [3.63, 3.8) is 0 Å². The number of carbonyl (C=O) groups excluding carboxylic acids is 1. The molecule has 0 aromatic carbocycles. The normalized spacial score (nSPS) is 14.2. The van der Waals surface area contributed by atoms with Crippen molar-refractivity contribution < 1.29 is 19.4 Å². The lowest BCUT2D eigenvalue weighted by Crippen LogP contribution is -2.37. The van der Waals surface area contributed by atoms with Crippen LogP contribution in [0, 0.1) is 0 Å². The average Bonchev–Trinajstić information content (AvgIpc) is 2.18. The summed E-state index contributed by atoms with van der Waals surface area (Å²) in [7, 11) is 1.56. The van der Waals surface area contributed by atoms with Gasteiger partial charge in [-0.3, -0.25) is 9.59 Å². The van der Waals surface area contributed by atoms with E-state index in [1.54, 1.807) is 14.0 Å². The number of ether oxygens (including phenoxy) is 1. The zero-order valence-electron chi connectivity index (χ0n) is 9.86. The molecule has 0 spiro atoms. The number of aliphatic carboxylic acids is 1. The van der Waals surface area contributed by atoms with Crippen molar-refractivity contribution >= 4 is 23.6 Å². The Bertz CT molecular complexity index is 235. The molecule has 2 N–H and O–H groups in total. The minimum atomic E-state index is -0.870. The zero-order valence-corrected chi connectivity index (χ0v) is 10.7. The maximum absolute atomic E-state index is 11.4. The third-order valence-corrected chi connectivity index (χ3v) is 3.25. The molecule has 0 radical (unpaired) electrons. The van der Waals surface area contributed by atoms with E-state index in [2.05, 4.69) is 5.32 Å². The maximum atomic E-state index is 11.4. The van der Waals surface area contributed by atoms with Crippen LogP contribution in [0.25, 0.3) is 0 Å². The van der Waals surface area contributed by atoms with Crippen LogP contribution in [-0.2, 0) is 14.3 Å². The SMILES string of the molecule is CCC(SCC(=O)NC(C)COC)C(=O)O. The van der Waals surface area contributed by atoms with Crippen LogP contribution in [0.1, 0.15) is 20.3 Å². The van der Waals surface area contributed by atoms with E-state index in [4.69, 9.17) is 9.84 Å². The number of rotatable bonds is 8.